The monoisotopic (exact) mass is 347 g/mol. The van der Waals surface area contributed by atoms with E-state index in [0.29, 0.717) is 10.8 Å². The van der Waals surface area contributed by atoms with Gasteiger partial charge in [-0.3, -0.25) is 0 Å². The lowest BCUT2D eigenvalue weighted by atomic mass is 9.90. The number of hydrogen-bond donors (Lipinski definition) is 1. The molecule has 24 heavy (non-hydrogen) atoms. The van der Waals surface area contributed by atoms with E-state index >= 15 is 0 Å². The van der Waals surface area contributed by atoms with Crippen LogP contribution < -0.4 is 19.5 Å². The molecule has 0 bridgehead atoms. The summed E-state index contributed by atoms with van der Waals surface area (Å²) in [7, 11) is 4.97. The van der Waals surface area contributed by atoms with E-state index in [1.54, 1.807) is 21.3 Å². The molecule has 1 atom stereocenters. The number of rotatable bonds is 5. The summed E-state index contributed by atoms with van der Waals surface area (Å²) in [5.74, 6) is 2.25. The van der Waals surface area contributed by atoms with E-state index in [1.165, 1.54) is 16.7 Å². The Morgan fingerprint density at radius 2 is 1.71 bits per heavy atom. The summed E-state index contributed by atoms with van der Waals surface area (Å²) in [6.45, 7) is 0.942. The molecule has 1 heterocycles. The lowest BCUT2D eigenvalue weighted by molar-refractivity contribution is 0.352. The van der Waals surface area contributed by atoms with Crippen molar-refractivity contribution < 1.29 is 14.2 Å². The molecule has 2 aromatic rings. The van der Waals surface area contributed by atoms with Crippen molar-refractivity contribution in [3.63, 3.8) is 0 Å². The number of methoxy groups -OCH3 is 3. The molecule has 4 nitrogen and oxygen atoms in total. The van der Waals surface area contributed by atoms with Crippen LogP contribution >= 0.6 is 11.6 Å². The minimum absolute atomic E-state index is 0.222. The van der Waals surface area contributed by atoms with E-state index < -0.39 is 0 Å². The summed E-state index contributed by atoms with van der Waals surface area (Å²) < 4.78 is 16.2. The van der Waals surface area contributed by atoms with E-state index in [1.807, 2.05) is 18.2 Å². The van der Waals surface area contributed by atoms with Gasteiger partial charge in [-0.2, -0.15) is 0 Å². The Morgan fingerprint density at radius 3 is 2.42 bits per heavy atom. The van der Waals surface area contributed by atoms with Gasteiger partial charge in [-0.25, -0.2) is 0 Å². The highest BCUT2D eigenvalue weighted by Gasteiger charge is 2.23. The van der Waals surface area contributed by atoms with Crippen LogP contribution in [-0.2, 0) is 12.8 Å². The Bertz CT molecular complexity index is 733. The van der Waals surface area contributed by atoms with Crippen LogP contribution in [0.15, 0.2) is 30.3 Å². The second kappa shape index (κ2) is 7.32. The highest BCUT2D eigenvalue weighted by molar-refractivity contribution is 6.32. The molecule has 0 saturated heterocycles. The lowest BCUT2D eigenvalue weighted by Gasteiger charge is -2.28. The Balaban J connectivity index is 1.92. The second-order valence-electron chi connectivity index (χ2n) is 5.84. The first kappa shape index (κ1) is 16.9. The molecule has 5 heteroatoms. The van der Waals surface area contributed by atoms with Gasteiger partial charge in [-0.05, 0) is 60.3 Å². The molecule has 2 aromatic carbocycles. The zero-order valence-corrected chi connectivity index (χ0v) is 14.9. The van der Waals surface area contributed by atoms with Gasteiger partial charge in [-0.1, -0.05) is 17.7 Å². The molecule has 0 spiro atoms. The van der Waals surface area contributed by atoms with Crippen LogP contribution in [0.3, 0.4) is 0 Å². The number of nitrogens with one attached hydrogen (secondary N) is 1. The van der Waals surface area contributed by atoms with Crippen molar-refractivity contribution in [2.24, 2.45) is 0 Å². The minimum Gasteiger partial charge on any atom is -0.495 e. The number of halogens is 1. The molecule has 1 aliphatic rings. The quantitative estimate of drug-likeness (QED) is 0.893. The highest BCUT2D eigenvalue weighted by Crippen LogP contribution is 2.36. The van der Waals surface area contributed by atoms with Gasteiger partial charge in [0.25, 0.3) is 0 Å². The smallest absolute Gasteiger partial charge is 0.161 e. The molecule has 1 unspecified atom stereocenters. The molecule has 1 aliphatic heterocycles. The van der Waals surface area contributed by atoms with E-state index in [-0.39, 0.29) is 6.04 Å². The van der Waals surface area contributed by atoms with Crippen molar-refractivity contribution in [3.8, 4) is 17.2 Å². The van der Waals surface area contributed by atoms with E-state index in [4.69, 9.17) is 25.8 Å². The van der Waals surface area contributed by atoms with Crippen LogP contribution in [0.25, 0.3) is 0 Å². The highest BCUT2D eigenvalue weighted by atomic mass is 35.5. The minimum atomic E-state index is 0.222. The number of fused-ring (bicyclic) bond motifs is 1. The van der Waals surface area contributed by atoms with Gasteiger partial charge in [0.05, 0.1) is 26.4 Å². The summed E-state index contributed by atoms with van der Waals surface area (Å²) in [4.78, 5) is 0. The summed E-state index contributed by atoms with van der Waals surface area (Å²) in [5, 5.41) is 4.22. The standard InChI is InChI=1S/C19H22ClNO3/c1-22-17-9-12(4-5-15(17)20)8-16-14-11-19(24-3)18(23-2)10-13(14)6-7-21-16/h4-5,9-11,16,21H,6-8H2,1-3H3. The first-order valence-electron chi connectivity index (χ1n) is 7.97. The summed E-state index contributed by atoms with van der Waals surface area (Å²) in [5.41, 5.74) is 3.74. The summed E-state index contributed by atoms with van der Waals surface area (Å²) in [6, 6.07) is 10.3. The Kier molecular flexibility index (Phi) is 5.17. The molecule has 0 aliphatic carbocycles. The largest absolute Gasteiger partial charge is 0.495 e. The van der Waals surface area contributed by atoms with Crippen LogP contribution in [0.4, 0.5) is 0 Å². The third-order valence-corrected chi connectivity index (χ3v) is 4.77. The second-order valence-corrected chi connectivity index (χ2v) is 6.24. The average Bonchev–Trinajstić information content (AvgIpc) is 2.62. The lowest BCUT2D eigenvalue weighted by Crippen LogP contribution is -2.31. The summed E-state index contributed by atoms with van der Waals surface area (Å²) in [6.07, 6.45) is 1.84. The average molecular weight is 348 g/mol. The number of benzene rings is 2. The molecule has 128 valence electrons. The Morgan fingerprint density at radius 1 is 1.00 bits per heavy atom. The van der Waals surface area contributed by atoms with Gasteiger partial charge in [0.2, 0.25) is 0 Å². The fourth-order valence-corrected chi connectivity index (χ4v) is 3.41. The SMILES string of the molecule is COc1cc(CC2NCCc3cc(OC)c(OC)cc32)ccc1Cl. The van der Waals surface area contributed by atoms with Crippen LogP contribution in [0.2, 0.25) is 5.02 Å². The van der Waals surface area contributed by atoms with Crippen molar-refractivity contribution in [1.82, 2.24) is 5.32 Å². The predicted octanol–water partition coefficient (Wildman–Crippen LogP) is 3.80. The maximum absolute atomic E-state index is 6.12. The zero-order chi connectivity index (χ0) is 17.1. The zero-order valence-electron chi connectivity index (χ0n) is 14.2. The maximum Gasteiger partial charge on any atom is 0.161 e. The molecule has 0 saturated carbocycles. The number of ether oxygens (including phenoxy) is 3. The van der Waals surface area contributed by atoms with Crippen LogP contribution in [0, 0.1) is 0 Å². The molecule has 0 aromatic heterocycles. The molecule has 0 amide bonds. The van der Waals surface area contributed by atoms with Crippen molar-refractivity contribution in [2.45, 2.75) is 18.9 Å². The Labute approximate surface area is 147 Å². The topological polar surface area (TPSA) is 39.7 Å². The van der Waals surface area contributed by atoms with Gasteiger partial charge in [0, 0.05) is 6.04 Å². The van der Waals surface area contributed by atoms with Crippen LogP contribution in [-0.4, -0.2) is 27.9 Å². The fraction of sp³-hybridized carbons (Fsp3) is 0.368. The Hall–Kier alpha value is -1.91. The van der Waals surface area contributed by atoms with Gasteiger partial charge >= 0.3 is 0 Å². The van der Waals surface area contributed by atoms with Crippen LogP contribution in [0.1, 0.15) is 22.7 Å². The fourth-order valence-electron chi connectivity index (χ4n) is 3.22. The normalized spacial score (nSPS) is 16.4. The first-order valence-corrected chi connectivity index (χ1v) is 8.34. The molecular formula is C19H22ClNO3. The molecular weight excluding hydrogens is 326 g/mol. The van der Waals surface area contributed by atoms with E-state index in [2.05, 4.69) is 17.4 Å². The van der Waals surface area contributed by atoms with E-state index in [9.17, 15) is 0 Å². The summed E-state index contributed by atoms with van der Waals surface area (Å²) >= 11 is 6.12. The molecule has 0 fully saturated rings. The van der Waals surface area contributed by atoms with Crippen molar-refractivity contribution in [3.05, 3.63) is 52.0 Å². The van der Waals surface area contributed by atoms with Crippen molar-refractivity contribution in [2.75, 3.05) is 27.9 Å². The molecule has 0 radical (unpaired) electrons. The van der Waals surface area contributed by atoms with Gasteiger partial charge in [-0.15, -0.1) is 0 Å². The van der Waals surface area contributed by atoms with Gasteiger partial charge in [0.1, 0.15) is 5.75 Å². The third kappa shape index (κ3) is 3.30. The first-order chi connectivity index (χ1) is 11.7. The van der Waals surface area contributed by atoms with Crippen molar-refractivity contribution >= 4 is 11.6 Å². The van der Waals surface area contributed by atoms with Crippen LogP contribution in [0.5, 0.6) is 17.2 Å². The number of hydrogen-bond acceptors (Lipinski definition) is 4. The van der Waals surface area contributed by atoms with Gasteiger partial charge < -0.3 is 19.5 Å². The predicted molar refractivity (Wildman–Crippen MR) is 95.7 cm³/mol. The van der Waals surface area contributed by atoms with Gasteiger partial charge in [0.15, 0.2) is 11.5 Å². The third-order valence-electron chi connectivity index (χ3n) is 4.46. The maximum atomic E-state index is 6.12. The molecule has 1 N–H and O–H groups in total. The van der Waals surface area contributed by atoms with E-state index in [0.717, 1.165) is 30.9 Å². The molecule has 3 rings (SSSR count). The van der Waals surface area contributed by atoms with Crippen molar-refractivity contribution in [1.29, 1.82) is 0 Å².